The first kappa shape index (κ1) is 16.4. The van der Waals surface area contributed by atoms with Crippen molar-refractivity contribution in [2.24, 2.45) is 5.92 Å². The van der Waals surface area contributed by atoms with E-state index in [-0.39, 0.29) is 11.9 Å². The minimum absolute atomic E-state index is 0.0161. The fraction of sp³-hybridized carbons (Fsp3) is 0.350. The fourth-order valence-electron chi connectivity index (χ4n) is 2.63. The molecule has 22 heavy (non-hydrogen) atoms. The van der Waals surface area contributed by atoms with Crippen LogP contribution >= 0.6 is 0 Å². The van der Waals surface area contributed by atoms with Crippen molar-refractivity contribution in [2.45, 2.75) is 39.4 Å². The maximum absolute atomic E-state index is 12.8. The van der Waals surface area contributed by atoms with Gasteiger partial charge in [0, 0.05) is 5.56 Å². The van der Waals surface area contributed by atoms with Crippen molar-refractivity contribution in [3.05, 3.63) is 71.8 Å². The standard InChI is InChI=1S/C20H24O2/c1-15(2)14-16(3)22-20(18-12-8-5-9-13-18)19(21)17-10-6-4-7-11-17/h4-13,15-16,20H,14H2,1-3H3. The molecule has 0 aliphatic carbocycles. The molecule has 2 heteroatoms. The van der Waals surface area contributed by atoms with E-state index in [2.05, 4.69) is 13.8 Å². The average molecular weight is 296 g/mol. The average Bonchev–Trinajstić information content (AvgIpc) is 2.53. The van der Waals surface area contributed by atoms with E-state index < -0.39 is 6.10 Å². The molecule has 0 radical (unpaired) electrons. The number of hydrogen-bond acceptors (Lipinski definition) is 2. The van der Waals surface area contributed by atoms with Gasteiger partial charge in [0.25, 0.3) is 0 Å². The second-order valence-electron chi connectivity index (χ2n) is 6.10. The first-order chi connectivity index (χ1) is 10.6. The van der Waals surface area contributed by atoms with Crippen LogP contribution in [0.25, 0.3) is 0 Å². The minimum Gasteiger partial charge on any atom is -0.362 e. The van der Waals surface area contributed by atoms with E-state index in [1.807, 2.05) is 67.6 Å². The van der Waals surface area contributed by atoms with Gasteiger partial charge in [-0.1, -0.05) is 74.5 Å². The lowest BCUT2D eigenvalue weighted by molar-refractivity contribution is -0.00439. The Morgan fingerprint density at radius 2 is 1.45 bits per heavy atom. The number of carbonyl (C=O) groups is 1. The predicted octanol–water partition coefficient (Wildman–Crippen LogP) is 5.06. The molecule has 0 saturated heterocycles. The molecule has 2 nitrogen and oxygen atoms in total. The van der Waals surface area contributed by atoms with Gasteiger partial charge in [-0.2, -0.15) is 0 Å². The van der Waals surface area contributed by atoms with Crippen molar-refractivity contribution in [3.8, 4) is 0 Å². The van der Waals surface area contributed by atoms with Crippen LogP contribution in [-0.4, -0.2) is 11.9 Å². The van der Waals surface area contributed by atoms with Crippen molar-refractivity contribution in [2.75, 3.05) is 0 Å². The molecule has 116 valence electrons. The molecule has 2 aromatic rings. The Hall–Kier alpha value is -1.93. The van der Waals surface area contributed by atoms with Crippen molar-refractivity contribution in [1.29, 1.82) is 0 Å². The van der Waals surface area contributed by atoms with E-state index >= 15 is 0 Å². The molecule has 0 saturated carbocycles. The summed E-state index contributed by atoms with van der Waals surface area (Å²) >= 11 is 0. The summed E-state index contributed by atoms with van der Waals surface area (Å²) in [5, 5.41) is 0. The summed E-state index contributed by atoms with van der Waals surface area (Å²) in [6, 6.07) is 19.1. The van der Waals surface area contributed by atoms with Gasteiger partial charge in [0.2, 0.25) is 0 Å². The zero-order valence-electron chi connectivity index (χ0n) is 13.5. The summed E-state index contributed by atoms with van der Waals surface area (Å²) in [5.41, 5.74) is 1.60. The van der Waals surface area contributed by atoms with E-state index in [0.717, 1.165) is 12.0 Å². The lowest BCUT2D eigenvalue weighted by Crippen LogP contribution is -2.22. The molecular weight excluding hydrogens is 272 g/mol. The van der Waals surface area contributed by atoms with E-state index in [1.165, 1.54) is 0 Å². The molecule has 2 unspecified atom stereocenters. The molecule has 0 bridgehead atoms. The molecular formula is C20H24O2. The Labute approximate surface area is 133 Å². The topological polar surface area (TPSA) is 26.3 Å². The summed E-state index contributed by atoms with van der Waals surface area (Å²) in [6.07, 6.45) is 0.431. The first-order valence-corrected chi connectivity index (χ1v) is 7.87. The zero-order chi connectivity index (χ0) is 15.9. The highest BCUT2D eigenvalue weighted by atomic mass is 16.5. The Kier molecular flexibility index (Phi) is 5.91. The monoisotopic (exact) mass is 296 g/mol. The highest BCUT2D eigenvalue weighted by Crippen LogP contribution is 2.25. The van der Waals surface area contributed by atoms with Crippen LogP contribution in [0.1, 0.15) is 49.2 Å². The number of benzene rings is 2. The smallest absolute Gasteiger partial charge is 0.196 e. The number of hydrogen-bond donors (Lipinski definition) is 0. The van der Waals surface area contributed by atoms with Gasteiger partial charge < -0.3 is 4.74 Å². The Morgan fingerprint density at radius 1 is 0.909 bits per heavy atom. The third-order valence-corrected chi connectivity index (χ3v) is 3.57. The van der Waals surface area contributed by atoms with Gasteiger partial charge in [0.1, 0.15) is 6.10 Å². The molecule has 2 aromatic carbocycles. The van der Waals surface area contributed by atoms with Crippen LogP contribution in [0.15, 0.2) is 60.7 Å². The van der Waals surface area contributed by atoms with Gasteiger partial charge in [-0.25, -0.2) is 0 Å². The third kappa shape index (κ3) is 4.54. The number of rotatable bonds is 7. The van der Waals surface area contributed by atoms with E-state index in [1.54, 1.807) is 0 Å². The Morgan fingerprint density at radius 3 is 2.00 bits per heavy atom. The Bertz CT molecular complexity index is 575. The Balaban J connectivity index is 2.24. The molecule has 2 rings (SSSR count). The summed E-state index contributed by atoms with van der Waals surface area (Å²) in [4.78, 5) is 12.8. The number of Topliss-reactive ketones (excluding diaryl/α,β-unsaturated/α-hetero) is 1. The number of ether oxygens (including phenoxy) is 1. The second-order valence-corrected chi connectivity index (χ2v) is 6.10. The molecule has 0 aromatic heterocycles. The highest BCUT2D eigenvalue weighted by Gasteiger charge is 2.25. The molecule has 0 fully saturated rings. The van der Waals surface area contributed by atoms with Gasteiger partial charge in [-0.05, 0) is 24.8 Å². The maximum Gasteiger partial charge on any atom is 0.196 e. The van der Waals surface area contributed by atoms with E-state index in [0.29, 0.717) is 11.5 Å². The van der Waals surface area contributed by atoms with Crippen molar-refractivity contribution >= 4 is 5.78 Å². The first-order valence-electron chi connectivity index (χ1n) is 7.87. The molecule has 0 N–H and O–H groups in total. The molecule has 0 aliphatic heterocycles. The van der Waals surface area contributed by atoms with Gasteiger partial charge in [0.15, 0.2) is 5.78 Å². The molecule has 0 spiro atoms. The summed E-state index contributed by atoms with van der Waals surface area (Å²) in [7, 11) is 0. The lowest BCUT2D eigenvalue weighted by atomic mass is 9.99. The van der Waals surface area contributed by atoms with Crippen LogP contribution in [0.5, 0.6) is 0 Å². The van der Waals surface area contributed by atoms with Crippen LogP contribution in [0, 0.1) is 5.92 Å². The number of carbonyl (C=O) groups excluding carboxylic acids is 1. The van der Waals surface area contributed by atoms with Gasteiger partial charge >= 0.3 is 0 Å². The van der Waals surface area contributed by atoms with Crippen LogP contribution < -0.4 is 0 Å². The van der Waals surface area contributed by atoms with Gasteiger partial charge in [-0.15, -0.1) is 0 Å². The normalized spacial score (nSPS) is 13.8. The minimum atomic E-state index is -0.544. The summed E-state index contributed by atoms with van der Waals surface area (Å²) in [6.45, 7) is 6.36. The van der Waals surface area contributed by atoms with Crippen molar-refractivity contribution in [3.63, 3.8) is 0 Å². The molecule has 2 atom stereocenters. The molecule has 0 amide bonds. The number of ketones is 1. The van der Waals surface area contributed by atoms with Crippen LogP contribution in [0.4, 0.5) is 0 Å². The molecule has 0 heterocycles. The third-order valence-electron chi connectivity index (χ3n) is 3.57. The van der Waals surface area contributed by atoms with Gasteiger partial charge in [0.05, 0.1) is 6.10 Å². The molecule has 0 aliphatic rings. The largest absolute Gasteiger partial charge is 0.362 e. The van der Waals surface area contributed by atoms with E-state index in [9.17, 15) is 4.79 Å². The van der Waals surface area contributed by atoms with Crippen molar-refractivity contribution in [1.82, 2.24) is 0 Å². The van der Waals surface area contributed by atoms with Crippen molar-refractivity contribution < 1.29 is 9.53 Å². The summed E-state index contributed by atoms with van der Waals surface area (Å²) in [5.74, 6) is 0.556. The maximum atomic E-state index is 12.8. The highest BCUT2D eigenvalue weighted by molar-refractivity contribution is 6.00. The zero-order valence-corrected chi connectivity index (χ0v) is 13.5. The quantitative estimate of drug-likeness (QED) is 0.667. The second kappa shape index (κ2) is 7.90. The van der Waals surface area contributed by atoms with Crippen LogP contribution in [0.3, 0.4) is 0 Å². The SMILES string of the molecule is CC(C)CC(C)OC(C(=O)c1ccccc1)c1ccccc1. The van der Waals surface area contributed by atoms with Crippen LogP contribution in [-0.2, 0) is 4.74 Å². The van der Waals surface area contributed by atoms with E-state index in [4.69, 9.17) is 4.74 Å². The van der Waals surface area contributed by atoms with Gasteiger partial charge in [-0.3, -0.25) is 4.79 Å². The predicted molar refractivity (Wildman–Crippen MR) is 90.0 cm³/mol. The fourth-order valence-corrected chi connectivity index (χ4v) is 2.63. The van der Waals surface area contributed by atoms with Crippen LogP contribution in [0.2, 0.25) is 0 Å². The lowest BCUT2D eigenvalue weighted by Gasteiger charge is -2.23. The summed E-state index contributed by atoms with van der Waals surface area (Å²) < 4.78 is 6.11.